The number of nitrogens with zero attached hydrogens (tertiary/aromatic N) is 2. The van der Waals surface area contributed by atoms with Crippen molar-refractivity contribution in [1.82, 2.24) is 9.97 Å². The van der Waals surface area contributed by atoms with Gasteiger partial charge in [0.2, 0.25) is 5.95 Å². The minimum Gasteiger partial charge on any atom is -0.365 e. The van der Waals surface area contributed by atoms with Gasteiger partial charge in [-0.05, 0) is 34.3 Å². The third kappa shape index (κ3) is 4.31. The Bertz CT molecular complexity index is 615. The average molecular weight is 381 g/mol. The number of aromatic nitrogens is 2. The van der Waals surface area contributed by atoms with Crippen LogP contribution in [-0.4, -0.2) is 16.5 Å². The van der Waals surface area contributed by atoms with Gasteiger partial charge in [0.1, 0.15) is 5.82 Å². The van der Waals surface area contributed by atoms with Gasteiger partial charge in [-0.1, -0.05) is 0 Å². The van der Waals surface area contributed by atoms with Gasteiger partial charge < -0.3 is 10.6 Å². The Kier molecular flexibility index (Phi) is 5.04. The van der Waals surface area contributed by atoms with Crippen molar-refractivity contribution >= 4 is 39.0 Å². The molecule has 0 bridgehead atoms. The molecule has 9 heteroatoms. The Morgan fingerprint density at radius 2 is 2.05 bits per heavy atom. The highest BCUT2D eigenvalue weighted by Crippen LogP contribution is 2.30. The van der Waals surface area contributed by atoms with Gasteiger partial charge >= 0.3 is 6.18 Å². The van der Waals surface area contributed by atoms with Crippen molar-refractivity contribution in [1.29, 1.82) is 0 Å². The molecule has 2 aromatic heterocycles. The standard InChI is InChI=1S/C12H12BrF3N4S/c1-2-17-11-19-9(12(14,15)16)5-10(20-11)18-6-8-7(13)3-4-21-8/h3-5H,2,6H2,1H3,(H2,17,18,19,20). The maximum atomic E-state index is 12.8. The molecular formula is C12H12BrF3N4S. The number of halogens is 4. The lowest BCUT2D eigenvalue weighted by atomic mass is 10.3. The van der Waals surface area contributed by atoms with Crippen molar-refractivity contribution in [3.05, 3.63) is 32.6 Å². The number of alkyl halides is 3. The summed E-state index contributed by atoms with van der Waals surface area (Å²) in [4.78, 5) is 8.46. The highest BCUT2D eigenvalue weighted by atomic mass is 79.9. The third-order valence-corrected chi connectivity index (χ3v) is 4.40. The van der Waals surface area contributed by atoms with Gasteiger partial charge in [-0.2, -0.15) is 18.2 Å². The first-order chi connectivity index (χ1) is 9.90. The van der Waals surface area contributed by atoms with E-state index >= 15 is 0 Å². The molecule has 0 aliphatic rings. The topological polar surface area (TPSA) is 49.8 Å². The predicted octanol–water partition coefficient (Wildman–Crippen LogP) is 4.36. The summed E-state index contributed by atoms with van der Waals surface area (Å²) in [6.45, 7) is 2.59. The lowest BCUT2D eigenvalue weighted by Crippen LogP contribution is -2.14. The van der Waals surface area contributed by atoms with E-state index in [-0.39, 0.29) is 11.8 Å². The lowest BCUT2D eigenvalue weighted by molar-refractivity contribution is -0.141. The minimum absolute atomic E-state index is 0.0416. The highest BCUT2D eigenvalue weighted by molar-refractivity contribution is 9.10. The monoisotopic (exact) mass is 380 g/mol. The van der Waals surface area contributed by atoms with Crippen LogP contribution in [-0.2, 0) is 12.7 Å². The summed E-state index contributed by atoms with van der Waals surface area (Å²) in [6.07, 6.45) is -4.51. The van der Waals surface area contributed by atoms with Crippen LogP contribution in [0.4, 0.5) is 24.9 Å². The summed E-state index contributed by atoms with van der Waals surface area (Å²) in [5.41, 5.74) is -0.971. The van der Waals surface area contributed by atoms with Crippen molar-refractivity contribution in [3.63, 3.8) is 0 Å². The molecule has 0 aromatic carbocycles. The van der Waals surface area contributed by atoms with E-state index in [0.29, 0.717) is 13.1 Å². The number of hydrogen-bond acceptors (Lipinski definition) is 5. The fraction of sp³-hybridized carbons (Fsp3) is 0.333. The van der Waals surface area contributed by atoms with Gasteiger partial charge in [0, 0.05) is 22.0 Å². The molecule has 0 saturated carbocycles. The maximum absolute atomic E-state index is 12.8. The summed E-state index contributed by atoms with van der Waals surface area (Å²) >= 11 is 4.87. The first-order valence-corrected chi connectivity index (χ1v) is 7.73. The average Bonchev–Trinajstić information content (AvgIpc) is 2.81. The summed E-state index contributed by atoms with van der Waals surface area (Å²) in [5.74, 6) is 0.0913. The zero-order valence-corrected chi connectivity index (χ0v) is 13.4. The molecule has 2 N–H and O–H groups in total. The molecule has 114 valence electrons. The van der Waals surface area contributed by atoms with Crippen molar-refractivity contribution in [2.75, 3.05) is 17.2 Å². The van der Waals surface area contributed by atoms with E-state index in [9.17, 15) is 13.2 Å². The maximum Gasteiger partial charge on any atom is 0.433 e. The van der Waals surface area contributed by atoms with E-state index in [2.05, 4.69) is 36.5 Å². The van der Waals surface area contributed by atoms with E-state index in [0.717, 1.165) is 15.4 Å². The second-order valence-electron chi connectivity index (χ2n) is 4.04. The van der Waals surface area contributed by atoms with Gasteiger partial charge in [-0.3, -0.25) is 0 Å². The van der Waals surface area contributed by atoms with Crippen LogP contribution in [0.15, 0.2) is 22.0 Å². The summed E-state index contributed by atoms with van der Waals surface area (Å²) in [5, 5.41) is 7.48. The molecule has 2 rings (SSSR count). The Balaban J connectivity index is 2.21. The first kappa shape index (κ1) is 16.0. The van der Waals surface area contributed by atoms with Gasteiger partial charge in [0.05, 0.1) is 6.54 Å². The second-order valence-corrected chi connectivity index (χ2v) is 5.89. The van der Waals surface area contributed by atoms with Crippen LogP contribution < -0.4 is 10.6 Å². The largest absolute Gasteiger partial charge is 0.433 e. The Morgan fingerprint density at radius 3 is 2.62 bits per heavy atom. The van der Waals surface area contributed by atoms with Crippen LogP contribution >= 0.6 is 27.3 Å². The number of thiophene rings is 1. The van der Waals surface area contributed by atoms with E-state index < -0.39 is 11.9 Å². The Hall–Kier alpha value is -1.35. The molecular weight excluding hydrogens is 369 g/mol. The minimum atomic E-state index is -4.51. The molecule has 0 unspecified atom stereocenters. The van der Waals surface area contributed by atoms with Crippen molar-refractivity contribution in [2.24, 2.45) is 0 Å². The first-order valence-electron chi connectivity index (χ1n) is 6.06. The van der Waals surface area contributed by atoms with Crippen molar-refractivity contribution in [2.45, 2.75) is 19.6 Å². The molecule has 21 heavy (non-hydrogen) atoms. The smallest absolute Gasteiger partial charge is 0.365 e. The van der Waals surface area contributed by atoms with Crippen LogP contribution in [0.25, 0.3) is 0 Å². The molecule has 2 heterocycles. The Labute approximate surface area is 131 Å². The van der Waals surface area contributed by atoms with E-state index in [1.807, 2.05) is 11.4 Å². The molecule has 0 spiro atoms. The summed E-state index contributed by atoms with van der Waals surface area (Å²) in [7, 11) is 0. The quantitative estimate of drug-likeness (QED) is 0.808. The zero-order valence-electron chi connectivity index (χ0n) is 11.0. The molecule has 0 radical (unpaired) electrons. The van der Waals surface area contributed by atoms with Crippen LogP contribution in [0, 0.1) is 0 Å². The predicted molar refractivity (Wildman–Crippen MR) is 80.5 cm³/mol. The highest BCUT2D eigenvalue weighted by Gasteiger charge is 2.33. The molecule has 0 amide bonds. The summed E-state index contributed by atoms with van der Waals surface area (Å²) < 4.78 is 39.4. The zero-order chi connectivity index (χ0) is 15.5. The molecule has 0 atom stereocenters. The van der Waals surface area contributed by atoms with E-state index in [4.69, 9.17) is 0 Å². The van der Waals surface area contributed by atoms with Gasteiger partial charge in [0.25, 0.3) is 0 Å². The molecule has 0 aliphatic heterocycles. The van der Waals surface area contributed by atoms with E-state index in [1.165, 1.54) is 11.3 Å². The summed E-state index contributed by atoms with van der Waals surface area (Å²) in [6, 6.07) is 2.79. The fourth-order valence-corrected chi connectivity index (χ4v) is 2.97. The third-order valence-electron chi connectivity index (χ3n) is 2.47. The second kappa shape index (κ2) is 6.61. The lowest BCUT2D eigenvalue weighted by Gasteiger charge is -2.12. The van der Waals surface area contributed by atoms with Gasteiger partial charge in [0.15, 0.2) is 5.69 Å². The van der Waals surface area contributed by atoms with Crippen LogP contribution in [0.2, 0.25) is 0 Å². The van der Waals surface area contributed by atoms with Gasteiger partial charge in [-0.15, -0.1) is 11.3 Å². The number of rotatable bonds is 5. The molecule has 4 nitrogen and oxygen atoms in total. The van der Waals surface area contributed by atoms with Crippen LogP contribution in [0.5, 0.6) is 0 Å². The van der Waals surface area contributed by atoms with Crippen LogP contribution in [0.1, 0.15) is 17.5 Å². The van der Waals surface area contributed by atoms with Gasteiger partial charge in [-0.25, -0.2) is 4.98 Å². The van der Waals surface area contributed by atoms with Crippen molar-refractivity contribution in [3.8, 4) is 0 Å². The SMILES string of the molecule is CCNc1nc(NCc2sccc2Br)cc(C(F)(F)F)n1. The number of hydrogen-bond donors (Lipinski definition) is 2. The molecule has 0 aliphatic carbocycles. The van der Waals surface area contributed by atoms with E-state index in [1.54, 1.807) is 6.92 Å². The fourth-order valence-electron chi connectivity index (χ4n) is 1.54. The molecule has 0 saturated heterocycles. The number of anilines is 2. The Morgan fingerprint density at radius 1 is 1.29 bits per heavy atom. The molecule has 0 fully saturated rings. The van der Waals surface area contributed by atoms with Crippen molar-refractivity contribution < 1.29 is 13.2 Å². The normalized spacial score (nSPS) is 11.5. The molecule has 2 aromatic rings. The number of nitrogens with one attached hydrogen (secondary N) is 2. The van der Waals surface area contributed by atoms with Crippen LogP contribution in [0.3, 0.4) is 0 Å².